The molecule has 108 valence electrons. The summed E-state index contributed by atoms with van der Waals surface area (Å²) in [6, 6.07) is 5.39. The van der Waals surface area contributed by atoms with E-state index in [-0.39, 0.29) is 11.3 Å². The molecule has 3 nitrogen and oxygen atoms in total. The largest absolute Gasteiger partial charge is 0.418 e. The molecule has 1 aromatic carbocycles. The van der Waals surface area contributed by atoms with E-state index < -0.39 is 11.7 Å². The third kappa shape index (κ3) is 2.40. The molecule has 1 aliphatic carbocycles. The third-order valence-electron chi connectivity index (χ3n) is 3.72. The van der Waals surface area contributed by atoms with Gasteiger partial charge in [0.1, 0.15) is 0 Å². The lowest BCUT2D eigenvalue weighted by molar-refractivity contribution is -0.137. The summed E-state index contributed by atoms with van der Waals surface area (Å²) in [7, 11) is 0. The average molecular weight is 291 g/mol. The number of fused-ring (bicyclic) bond motifs is 1. The molecule has 0 unspecified atom stereocenters. The number of aromatic nitrogens is 2. The first-order valence-corrected chi connectivity index (χ1v) is 6.67. The van der Waals surface area contributed by atoms with E-state index in [0.29, 0.717) is 0 Å². The summed E-state index contributed by atoms with van der Waals surface area (Å²) in [4.78, 5) is 4.23. The van der Waals surface area contributed by atoms with Crippen molar-refractivity contribution in [2.75, 3.05) is 0 Å². The molecule has 1 aliphatic rings. The monoisotopic (exact) mass is 291 g/mol. The van der Waals surface area contributed by atoms with Crippen molar-refractivity contribution >= 4 is 0 Å². The van der Waals surface area contributed by atoms with Crippen molar-refractivity contribution in [3.63, 3.8) is 0 Å². The zero-order valence-corrected chi connectivity index (χ0v) is 11.1. The van der Waals surface area contributed by atoms with Gasteiger partial charge in [-0.25, -0.2) is 4.98 Å². The fraction of sp³-hybridized carbons (Fsp3) is 0.333. The van der Waals surface area contributed by atoms with Crippen LogP contribution in [0.1, 0.15) is 35.4 Å². The molecule has 0 saturated heterocycles. The summed E-state index contributed by atoms with van der Waals surface area (Å²) in [5.74, 6) is 0. The average Bonchev–Trinajstić information content (AvgIpc) is 2.89. The van der Waals surface area contributed by atoms with Gasteiger partial charge >= 0.3 is 6.18 Å². The maximum absolute atomic E-state index is 13.2. The second-order valence-corrected chi connectivity index (χ2v) is 5.06. The molecule has 2 aromatic rings. The number of hydrogen-bond acceptors (Lipinski definition) is 2. The third-order valence-corrected chi connectivity index (χ3v) is 3.72. The van der Waals surface area contributed by atoms with Crippen LogP contribution in [0.25, 0.3) is 5.69 Å². The van der Waals surface area contributed by atoms with Crippen molar-refractivity contribution in [2.24, 2.45) is 0 Å². The predicted molar refractivity (Wildman–Crippen MR) is 69.9 cm³/mol. The van der Waals surface area contributed by atoms with Crippen molar-refractivity contribution in [1.82, 2.24) is 9.55 Å². The van der Waals surface area contributed by atoms with E-state index >= 15 is 0 Å². The minimum absolute atomic E-state index is 0.0000536. The molecular formula is C15H12F3N3. The fourth-order valence-corrected chi connectivity index (χ4v) is 2.72. The van der Waals surface area contributed by atoms with E-state index in [1.165, 1.54) is 23.0 Å². The number of nitrogens with zero attached hydrogens (tertiary/aromatic N) is 3. The Morgan fingerprint density at radius 2 is 1.95 bits per heavy atom. The van der Waals surface area contributed by atoms with Crippen LogP contribution < -0.4 is 0 Å². The first-order chi connectivity index (χ1) is 10.0. The Hall–Kier alpha value is -2.29. The zero-order valence-electron chi connectivity index (χ0n) is 11.1. The predicted octanol–water partition coefficient (Wildman–Crippen LogP) is 3.64. The van der Waals surface area contributed by atoms with Gasteiger partial charge in [-0.05, 0) is 43.9 Å². The fourth-order valence-electron chi connectivity index (χ4n) is 2.72. The smallest absolute Gasteiger partial charge is 0.302 e. The maximum atomic E-state index is 13.2. The van der Waals surface area contributed by atoms with Crippen molar-refractivity contribution in [2.45, 2.75) is 31.9 Å². The van der Waals surface area contributed by atoms with Crippen molar-refractivity contribution in [3.05, 3.63) is 47.0 Å². The molecule has 0 spiro atoms. The number of aryl methyl sites for hydroxylation is 1. The standard InChI is InChI=1S/C15H12F3N3/c16-15(17,18)11-7-10(8-19)5-6-13(11)21-9-20-12-3-1-2-4-14(12)21/h5-7,9H,1-4H2. The van der Waals surface area contributed by atoms with Crippen LogP contribution in [0.4, 0.5) is 13.2 Å². The van der Waals surface area contributed by atoms with Crippen molar-refractivity contribution < 1.29 is 13.2 Å². The van der Waals surface area contributed by atoms with Gasteiger partial charge in [0.05, 0.1) is 34.9 Å². The minimum Gasteiger partial charge on any atom is -0.302 e. The molecule has 0 saturated carbocycles. The Morgan fingerprint density at radius 1 is 1.19 bits per heavy atom. The van der Waals surface area contributed by atoms with Gasteiger partial charge in [0.25, 0.3) is 0 Å². The molecule has 6 heteroatoms. The summed E-state index contributed by atoms with van der Waals surface area (Å²) in [5, 5.41) is 8.80. The zero-order chi connectivity index (χ0) is 15.0. The van der Waals surface area contributed by atoms with E-state index in [4.69, 9.17) is 5.26 Å². The van der Waals surface area contributed by atoms with Crippen molar-refractivity contribution in [1.29, 1.82) is 5.26 Å². The van der Waals surface area contributed by atoms with Crippen LogP contribution in [-0.4, -0.2) is 9.55 Å². The Morgan fingerprint density at radius 3 is 2.67 bits per heavy atom. The van der Waals surface area contributed by atoms with Gasteiger partial charge in [0, 0.05) is 5.69 Å². The minimum atomic E-state index is -4.51. The molecule has 3 rings (SSSR count). The molecule has 1 heterocycles. The summed E-state index contributed by atoms with van der Waals surface area (Å²) >= 11 is 0. The maximum Gasteiger partial charge on any atom is 0.418 e. The Kier molecular flexibility index (Phi) is 3.20. The van der Waals surface area contributed by atoms with Crippen LogP contribution in [0.5, 0.6) is 0 Å². The number of hydrogen-bond donors (Lipinski definition) is 0. The first-order valence-electron chi connectivity index (χ1n) is 6.67. The molecule has 0 bridgehead atoms. The summed E-state index contributed by atoms with van der Waals surface area (Å²) in [5.41, 5.74) is 0.958. The molecular weight excluding hydrogens is 279 g/mol. The van der Waals surface area contributed by atoms with Gasteiger partial charge in [-0.1, -0.05) is 0 Å². The molecule has 0 N–H and O–H groups in total. The second-order valence-electron chi connectivity index (χ2n) is 5.06. The van der Waals surface area contributed by atoms with Gasteiger partial charge in [0.2, 0.25) is 0 Å². The normalized spacial score (nSPS) is 14.6. The SMILES string of the molecule is N#Cc1ccc(-n2cnc3c2CCCC3)c(C(F)(F)F)c1. The highest BCUT2D eigenvalue weighted by Gasteiger charge is 2.35. The highest BCUT2D eigenvalue weighted by molar-refractivity contribution is 5.49. The summed E-state index contributed by atoms with van der Waals surface area (Å²) < 4.78 is 41.2. The molecule has 0 fully saturated rings. The molecule has 21 heavy (non-hydrogen) atoms. The lowest BCUT2D eigenvalue weighted by atomic mass is 10.0. The van der Waals surface area contributed by atoms with Crippen molar-refractivity contribution in [3.8, 4) is 11.8 Å². The van der Waals surface area contributed by atoms with Gasteiger partial charge in [-0.2, -0.15) is 18.4 Å². The van der Waals surface area contributed by atoms with E-state index in [1.54, 1.807) is 6.07 Å². The van der Waals surface area contributed by atoms with Gasteiger partial charge in [-0.3, -0.25) is 0 Å². The lowest BCUT2D eigenvalue weighted by Gasteiger charge is -2.18. The molecule has 0 aliphatic heterocycles. The molecule has 0 amide bonds. The van der Waals surface area contributed by atoms with Crippen LogP contribution in [0.2, 0.25) is 0 Å². The molecule has 0 atom stereocenters. The quantitative estimate of drug-likeness (QED) is 0.805. The molecule has 1 aromatic heterocycles. The molecule has 0 radical (unpaired) electrons. The van der Waals surface area contributed by atoms with E-state index in [1.807, 2.05) is 0 Å². The highest BCUT2D eigenvalue weighted by Crippen LogP contribution is 2.36. The van der Waals surface area contributed by atoms with Crippen LogP contribution >= 0.6 is 0 Å². The second kappa shape index (κ2) is 4.92. The summed E-state index contributed by atoms with van der Waals surface area (Å²) in [6.07, 6.45) is 0.451. The number of rotatable bonds is 1. The lowest BCUT2D eigenvalue weighted by Crippen LogP contribution is -2.13. The Labute approximate surface area is 119 Å². The number of halogens is 3. The number of nitriles is 1. The van der Waals surface area contributed by atoms with E-state index in [9.17, 15) is 13.2 Å². The summed E-state index contributed by atoms with van der Waals surface area (Å²) in [6.45, 7) is 0. The van der Waals surface area contributed by atoms with Gasteiger partial charge < -0.3 is 4.57 Å². The van der Waals surface area contributed by atoms with Crippen LogP contribution in [0.15, 0.2) is 24.5 Å². The van der Waals surface area contributed by atoms with Crippen LogP contribution in [0, 0.1) is 11.3 Å². The van der Waals surface area contributed by atoms with Crippen LogP contribution in [0.3, 0.4) is 0 Å². The highest BCUT2D eigenvalue weighted by atomic mass is 19.4. The Balaban J connectivity index is 2.19. The van der Waals surface area contributed by atoms with E-state index in [0.717, 1.165) is 43.1 Å². The number of benzene rings is 1. The Bertz CT molecular complexity index is 723. The first kappa shape index (κ1) is 13.7. The van der Waals surface area contributed by atoms with E-state index in [2.05, 4.69) is 4.98 Å². The van der Waals surface area contributed by atoms with Gasteiger partial charge in [-0.15, -0.1) is 0 Å². The number of imidazole rings is 1. The number of alkyl halides is 3. The van der Waals surface area contributed by atoms with Crippen LogP contribution in [-0.2, 0) is 19.0 Å². The van der Waals surface area contributed by atoms with Gasteiger partial charge in [0.15, 0.2) is 0 Å². The topological polar surface area (TPSA) is 41.6 Å².